The predicted molar refractivity (Wildman–Crippen MR) is 36.2 cm³/mol. The Bertz CT molecular complexity index is 318. The fourth-order valence-corrected chi connectivity index (χ4v) is 0.547. The maximum absolute atomic E-state index is 10.8. The molecule has 0 fully saturated rings. The number of esters is 1. The lowest BCUT2D eigenvalue weighted by Crippen LogP contribution is -2.14. The van der Waals surface area contributed by atoms with Crippen molar-refractivity contribution in [3.8, 4) is 5.88 Å². The molecule has 1 aromatic rings. The number of nitrogens with one attached hydrogen (secondary N) is 1. The van der Waals surface area contributed by atoms with Gasteiger partial charge in [0.1, 0.15) is 0 Å². The van der Waals surface area contributed by atoms with E-state index >= 15 is 0 Å². The number of hydrogen-bond acceptors (Lipinski definition) is 4. The molecule has 1 heterocycles. The molecule has 0 saturated heterocycles. The predicted octanol–water partition coefficient (Wildman–Crippen LogP) is -0.305. The number of hydrogen-bond donors (Lipinski definition) is 1. The summed E-state index contributed by atoms with van der Waals surface area (Å²) in [7, 11) is 0. The van der Waals surface area contributed by atoms with Crippen molar-refractivity contribution in [3.05, 3.63) is 22.7 Å². The van der Waals surface area contributed by atoms with E-state index in [0.717, 1.165) is 0 Å². The lowest BCUT2D eigenvalue weighted by atomic mass is 10.7. The van der Waals surface area contributed by atoms with Crippen LogP contribution in [0.2, 0.25) is 0 Å². The second-order valence-electron chi connectivity index (χ2n) is 1.82. The van der Waals surface area contributed by atoms with E-state index in [0.29, 0.717) is 0 Å². The first-order chi connectivity index (χ1) is 5.20. The Balaban J connectivity index is 2.95. The topological polar surface area (TPSA) is 72.0 Å². The Morgan fingerprint density at radius 2 is 2.45 bits per heavy atom. The third kappa shape index (κ3) is 1.89. The average Bonchev–Trinajstić information content (AvgIpc) is 1.93. The highest BCUT2D eigenvalue weighted by Gasteiger charge is 2.02. The van der Waals surface area contributed by atoms with Gasteiger partial charge in [0.25, 0.3) is 5.88 Å². The van der Waals surface area contributed by atoms with Gasteiger partial charge in [-0.05, 0) is 0 Å². The minimum absolute atomic E-state index is 0.222. The summed E-state index contributed by atoms with van der Waals surface area (Å²) in [5.41, 5.74) is -0.511. The van der Waals surface area contributed by atoms with E-state index in [-0.39, 0.29) is 5.88 Å². The number of carbonyl (C=O) groups is 1. The largest absolute Gasteiger partial charge is 0.402 e. The van der Waals surface area contributed by atoms with Crippen molar-refractivity contribution >= 4 is 5.97 Å². The van der Waals surface area contributed by atoms with Crippen molar-refractivity contribution in [2.45, 2.75) is 6.92 Å². The molecule has 0 atom stereocenters. The summed E-state index contributed by atoms with van der Waals surface area (Å²) in [6.45, 7) is 1.20. The summed E-state index contributed by atoms with van der Waals surface area (Å²) >= 11 is 0. The Morgan fingerprint density at radius 3 is 3.00 bits per heavy atom. The third-order valence-corrected chi connectivity index (χ3v) is 0.915. The van der Waals surface area contributed by atoms with Crippen molar-refractivity contribution < 1.29 is 9.53 Å². The molecular weight excluding hydrogens is 148 g/mol. The molecule has 0 spiro atoms. The molecule has 1 aromatic heterocycles. The van der Waals surface area contributed by atoms with Gasteiger partial charge in [-0.25, -0.2) is 4.98 Å². The zero-order chi connectivity index (χ0) is 8.27. The molecule has 58 valence electrons. The van der Waals surface area contributed by atoms with Crippen LogP contribution in [0, 0.1) is 0 Å². The van der Waals surface area contributed by atoms with Crippen LogP contribution in [-0.4, -0.2) is 15.9 Å². The molecule has 1 N–H and O–H groups in total. The van der Waals surface area contributed by atoms with Crippen LogP contribution in [0.15, 0.2) is 17.2 Å². The first kappa shape index (κ1) is 7.46. The number of aromatic amines is 1. The van der Waals surface area contributed by atoms with Gasteiger partial charge in [-0.3, -0.25) is 9.59 Å². The molecule has 0 aliphatic rings. The van der Waals surface area contributed by atoms with E-state index < -0.39 is 11.5 Å². The fourth-order valence-electron chi connectivity index (χ4n) is 0.547. The molecule has 0 bridgehead atoms. The smallest absolute Gasteiger partial charge is 0.311 e. The lowest BCUT2D eigenvalue weighted by Gasteiger charge is -1.95. The molecule has 0 radical (unpaired) electrons. The van der Waals surface area contributed by atoms with Gasteiger partial charge in [-0.1, -0.05) is 0 Å². The van der Waals surface area contributed by atoms with E-state index in [1.54, 1.807) is 0 Å². The summed E-state index contributed by atoms with van der Waals surface area (Å²) in [5, 5.41) is 0. The Morgan fingerprint density at radius 1 is 1.73 bits per heavy atom. The molecule has 0 aliphatic carbocycles. The van der Waals surface area contributed by atoms with Gasteiger partial charge < -0.3 is 9.72 Å². The maximum Gasteiger partial charge on any atom is 0.311 e. The van der Waals surface area contributed by atoms with Gasteiger partial charge in [0.15, 0.2) is 0 Å². The highest BCUT2D eigenvalue weighted by Crippen LogP contribution is 1.92. The Hall–Kier alpha value is -1.65. The van der Waals surface area contributed by atoms with Crippen LogP contribution in [-0.2, 0) is 4.79 Å². The fraction of sp³-hybridized carbons (Fsp3) is 0.167. The van der Waals surface area contributed by atoms with E-state index in [1.807, 2.05) is 0 Å². The number of carbonyl (C=O) groups excluding carboxylic acids is 1. The van der Waals surface area contributed by atoms with Crippen molar-refractivity contribution in [2.75, 3.05) is 0 Å². The minimum Gasteiger partial charge on any atom is -0.402 e. The molecule has 0 aromatic carbocycles. The lowest BCUT2D eigenvalue weighted by molar-refractivity contribution is -0.132. The van der Waals surface area contributed by atoms with Crippen LogP contribution in [0.25, 0.3) is 0 Å². The van der Waals surface area contributed by atoms with E-state index in [1.165, 1.54) is 19.3 Å². The Labute approximate surface area is 62.0 Å². The molecular formula is C6H6N2O3. The summed E-state index contributed by atoms with van der Waals surface area (Å²) < 4.78 is 4.45. The quantitative estimate of drug-likeness (QED) is 0.563. The summed E-state index contributed by atoms with van der Waals surface area (Å²) in [4.78, 5) is 27.0. The van der Waals surface area contributed by atoms with Crippen LogP contribution >= 0.6 is 0 Å². The number of aromatic nitrogens is 2. The minimum atomic E-state index is -0.561. The van der Waals surface area contributed by atoms with Crippen molar-refractivity contribution in [1.82, 2.24) is 9.97 Å². The standard InChI is InChI=1S/C6H6N2O3/c1-4(9)11-6-5(10)7-2-3-8-6/h2-3H,1H3,(H,7,10). The SMILES string of the molecule is CC(=O)Oc1ncc[nH]c1=O. The van der Waals surface area contributed by atoms with Gasteiger partial charge in [-0.15, -0.1) is 0 Å². The first-order valence-electron chi connectivity index (χ1n) is 2.92. The normalized spacial score (nSPS) is 9.18. The number of rotatable bonds is 1. The molecule has 0 aliphatic heterocycles. The van der Waals surface area contributed by atoms with Crippen molar-refractivity contribution in [3.63, 3.8) is 0 Å². The molecule has 11 heavy (non-hydrogen) atoms. The van der Waals surface area contributed by atoms with Crippen LogP contribution in [0.3, 0.4) is 0 Å². The zero-order valence-electron chi connectivity index (χ0n) is 5.83. The summed E-state index contributed by atoms with van der Waals surface area (Å²) in [6.07, 6.45) is 2.69. The first-order valence-corrected chi connectivity index (χ1v) is 2.92. The van der Waals surface area contributed by atoms with Gasteiger partial charge in [0.05, 0.1) is 0 Å². The molecule has 5 heteroatoms. The van der Waals surface area contributed by atoms with Gasteiger partial charge >= 0.3 is 11.5 Å². The second kappa shape index (κ2) is 2.96. The average molecular weight is 154 g/mol. The third-order valence-electron chi connectivity index (χ3n) is 0.915. The molecule has 0 saturated carbocycles. The molecule has 0 unspecified atom stereocenters. The summed E-state index contributed by atoms with van der Waals surface area (Å²) in [5.74, 6) is -0.783. The van der Waals surface area contributed by atoms with Gasteiger partial charge in [0, 0.05) is 19.3 Å². The van der Waals surface area contributed by atoms with Gasteiger partial charge in [0.2, 0.25) is 0 Å². The van der Waals surface area contributed by atoms with E-state index in [9.17, 15) is 9.59 Å². The van der Waals surface area contributed by atoms with Crippen LogP contribution in [0.5, 0.6) is 5.88 Å². The molecule has 5 nitrogen and oxygen atoms in total. The van der Waals surface area contributed by atoms with Crippen LogP contribution in [0.4, 0.5) is 0 Å². The van der Waals surface area contributed by atoms with Crippen LogP contribution < -0.4 is 10.3 Å². The van der Waals surface area contributed by atoms with Crippen molar-refractivity contribution in [1.29, 1.82) is 0 Å². The number of ether oxygens (including phenoxy) is 1. The Kier molecular flexibility index (Phi) is 2.00. The molecule has 0 amide bonds. The van der Waals surface area contributed by atoms with E-state index in [4.69, 9.17) is 0 Å². The highest BCUT2D eigenvalue weighted by atomic mass is 16.5. The van der Waals surface area contributed by atoms with Gasteiger partial charge in [-0.2, -0.15) is 0 Å². The highest BCUT2D eigenvalue weighted by molar-refractivity contribution is 5.68. The number of nitrogens with zero attached hydrogens (tertiary/aromatic N) is 1. The molecule has 1 rings (SSSR count). The zero-order valence-corrected chi connectivity index (χ0v) is 5.83. The second-order valence-corrected chi connectivity index (χ2v) is 1.82. The van der Waals surface area contributed by atoms with E-state index in [2.05, 4.69) is 14.7 Å². The summed E-state index contributed by atoms with van der Waals surface area (Å²) in [6, 6.07) is 0. The van der Waals surface area contributed by atoms with Crippen molar-refractivity contribution in [2.24, 2.45) is 0 Å². The monoisotopic (exact) mass is 154 g/mol. The van der Waals surface area contributed by atoms with Crippen LogP contribution in [0.1, 0.15) is 6.92 Å². The number of H-pyrrole nitrogens is 1. The maximum atomic E-state index is 10.8.